The van der Waals surface area contributed by atoms with Crippen LogP contribution in [0.2, 0.25) is 0 Å². The van der Waals surface area contributed by atoms with Crippen LogP contribution in [0.1, 0.15) is 32.6 Å². The van der Waals surface area contributed by atoms with Crippen LogP contribution < -0.4 is 0 Å². The molecule has 0 aliphatic heterocycles. The van der Waals surface area contributed by atoms with Crippen molar-refractivity contribution in [1.29, 1.82) is 0 Å². The number of aromatic nitrogens is 1. The zero-order valence-corrected chi connectivity index (χ0v) is 8.82. The molecule has 0 unspecified atom stereocenters. The van der Waals surface area contributed by atoms with Crippen molar-refractivity contribution in [2.24, 2.45) is 5.92 Å². The minimum atomic E-state index is -0.453. The summed E-state index contributed by atoms with van der Waals surface area (Å²) in [6.07, 6.45) is 8.28. The predicted molar refractivity (Wildman–Crippen MR) is 57.0 cm³/mol. The van der Waals surface area contributed by atoms with E-state index >= 15 is 0 Å². The predicted octanol–water partition coefficient (Wildman–Crippen LogP) is 2.43. The van der Waals surface area contributed by atoms with E-state index in [4.69, 9.17) is 0 Å². The minimum Gasteiger partial charge on any atom is -0.388 e. The molecule has 2 heteroatoms. The Bertz CT molecular complexity index is 271. The lowest BCUT2D eigenvalue weighted by molar-refractivity contribution is -0.0216. The van der Waals surface area contributed by atoms with Crippen molar-refractivity contribution in [1.82, 2.24) is 4.57 Å². The number of aliphatic hydroxyl groups is 1. The van der Waals surface area contributed by atoms with Crippen molar-refractivity contribution >= 4 is 0 Å². The van der Waals surface area contributed by atoms with Gasteiger partial charge < -0.3 is 9.67 Å². The summed E-state index contributed by atoms with van der Waals surface area (Å²) in [7, 11) is 0. The van der Waals surface area contributed by atoms with E-state index in [9.17, 15) is 5.11 Å². The maximum Gasteiger partial charge on any atom is 0.0825 e. The second-order valence-electron chi connectivity index (χ2n) is 4.76. The normalized spacial score (nSPS) is 33.1. The highest BCUT2D eigenvalue weighted by Crippen LogP contribution is 2.32. The Morgan fingerprint density at radius 1 is 1.29 bits per heavy atom. The maximum absolute atomic E-state index is 10.3. The van der Waals surface area contributed by atoms with Crippen LogP contribution >= 0.6 is 0 Å². The molecule has 1 aliphatic carbocycles. The third-order valence-electron chi connectivity index (χ3n) is 3.35. The number of nitrogens with zero attached hydrogens (tertiary/aromatic N) is 1. The van der Waals surface area contributed by atoms with E-state index in [1.807, 2.05) is 24.5 Å². The summed E-state index contributed by atoms with van der Waals surface area (Å²) < 4.78 is 2.08. The van der Waals surface area contributed by atoms with Gasteiger partial charge in [-0.3, -0.25) is 0 Å². The molecule has 2 rings (SSSR count). The summed E-state index contributed by atoms with van der Waals surface area (Å²) in [6.45, 7) is 3.03. The second kappa shape index (κ2) is 3.77. The average Bonchev–Trinajstić information content (AvgIpc) is 2.63. The molecule has 0 atom stereocenters. The first-order chi connectivity index (χ1) is 6.68. The van der Waals surface area contributed by atoms with Crippen LogP contribution in [0.3, 0.4) is 0 Å². The summed E-state index contributed by atoms with van der Waals surface area (Å²) in [6, 6.07) is 4.02. The fourth-order valence-electron chi connectivity index (χ4n) is 2.27. The molecule has 0 aromatic carbocycles. The van der Waals surface area contributed by atoms with Crippen molar-refractivity contribution in [3.63, 3.8) is 0 Å². The Morgan fingerprint density at radius 2 is 1.86 bits per heavy atom. The highest BCUT2D eigenvalue weighted by Gasteiger charge is 2.31. The summed E-state index contributed by atoms with van der Waals surface area (Å²) in [5.74, 6) is 0.792. The third-order valence-corrected chi connectivity index (χ3v) is 3.35. The molecular formula is C12H19NO. The van der Waals surface area contributed by atoms with Gasteiger partial charge in [0.1, 0.15) is 0 Å². The Hall–Kier alpha value is -0.760. The lowest BCUT2D eigenvalue weighted by Crippen LogP contribution is -2.37. The molecule has 1 aliphatic rings. The fourth-order valence-corrected chi connectivity index (χ4v) is 2.27. The average molecular weight is 193 g/mol. The summed E-state index contributed by atoms with van der Waals surface area (Å²) in [5.41, 5.74) is -0.453. The van der Waals surface area contributed by atoms with Gasteiger partial charge in [-0.1, -0.05) is 6.92 Å². The topological polar surface area (TPSA) is 25.2 Å². The van der Waals surface area contributed by atoms with Gasteiger partial charge in [0.25, 0.3) is 0 Å². The zero-order valence-electron chi connectivity index (χ0n) is 8.82. The molecule has 1 fully saturated rings. The molecule has 14 heavy (non-hydrogen) atoms. The first-order valence-electron chi connectivity index (χ1n) is 5.51. The Labute approximate surface area is 85.6 Å². The number of hydrogen-bond acceptors (Lipinski definition) is 1. The SMILES string of the molecule is CC1CCC(O)(Cn2cccc2)CC1. The molecule has 1 heterocycles. The van der Waals surface area contributed by atoms with E-state index in [1.54, 1.807) is 0 Å². The zero-order chi connectivity index (χ0) is 10.0. The quantitative estimate of drug-likeness (QED) is 0.766. The molecule has 78 valence electrons. The standard InChI is InChI=1S/C12H19NO/c1-11-4-6-12(14,7-5-11)10-13-8-2-3-9-13/h2-3,8-9,11,14H,4-7,10H2,1H3. The summed E-state index contributed by atoms with van der Waals surface area (Å²) >= 11 is 0. The minimum absolute atomic E-state index is 0.453. The van der Waals surface area contributed by atoms with Gasteiger partial charge >= 0.3 is 0 Å². The van der Waals surface area contributed by atoms with Crippen LogP contribution in [0.5, 0.6) is 0 Å². The van der Waals surface area contributed by atoms with Crippen molar-refractivity contribution in [3.05, 3.63) is 24.5 Å². The van der Waals surface area contributed by atoms with Gasteiger partial charge in [0.05, 0.1) is 12.1 Å². The van der Waals surface area contributed by atoms with Crippen molar-refractivity contribution in [3.8, 4) is 0 Å². The van der Waals surface area contributed by atoms with Gasteiger partial charge in [0, 0.05) is 12.4 Å². The van der Waals surface area contributed by atoms with Crippen molar-refractivity contribution < 1.29 is 5.11 Å². The molecule has 2 nitrogen and oxygen atoms in total. The molecule has 1 aromatic rings. The molecule has 1 N–H and O–H groups in total. The third kappa shape index (κ3) is 2.18. The molecule has 0 bridgehead atoms. The summed E-state index contributed by atoms with van der Waals surface area (Å²) in [5, 5.41) is 10.3. The molecule has 0 amide bonds. The van der Waals surface area contributed by atoms with Gasteiger partial charge in [-0.2, -0.15) is 0 Å². The number of hydrogen-bond donors (Lipinski definition) is 1. The first kappa shape index (κ1) is 9.78. The fraction of sp³-hybridized carbons (Fsp3) is 0.667. The highest BCUT2D eigenvalue weighted by atomic mass is 16.3. The lowest BCUT2D eigenvalue weighted by atomic mass is 9.79. The van der Waals surface area contributed by atoms with E-state index in [-0.39, 0.29) is 0 Å². The van der Waals surface area contributed by atoms with Crippen LogP contribution in [0.15, 0.2) is 24.5 Å². The molecule has 0 saturated heterocycles. The van der Waals surface area contributed by atoms with Gasteiger partial charge in [-0.15, -0.1) is 0 Å². The monoisotopic (exact) mass is 193 g/mol. The summed E-state index contributed by atoms with van der Waals surface area (Å²) in [4.78, 5) is 0. The molecule has 0 spiro atoms. The van der Waals surface area contributed by atoms with Crippen molar-refractivity contribution in [2.45, 2.75) is 44.8 Å². The van der Waals surface area contributed by atoms with Crippen LogP contribution in [-0.2, 0) is 6.54 Å². The van der Waals surface area contributed by atoms with E-state index in [1.165, 1.54) is 0 Å². The van der Waals surface area contributed by atoms with Gasteiger partial charge in [-0.25, -0.2) is 0 Å². The highest BCUT2D eigenvalue weighted by molar-refractivity contribution is 4.94. The van der Waals surface area contributed by atoms with E-state index in [0.717, 1.165) is 38.1 Å². The van der Waals surface area contributed by atoms with Crippen LogP contribution in [0.25, 0.3) is 0 Å². The Balaban J connectivity index is 1.96. The Kier molecular flexibility index (Phi) is 2.64. The number of rotatable bonds is 2. The first-order valence-corrected chi connectivity index (χ1v) is 5.51. The van der Waals surface area contributed by atoms with Crippen LogP contribution in [0.4, 0.5) is 0 Å². The lowest BCUT2D eigenvalue weighted by Gasteiger charge is -2.35. The van der Waals surface area contributed by atoms with E-state index in [2.05, 4.69) is 11.5 Å². The van der Waals surface area contributed by atoms with E-state index in [0.29, 0.717) is 0 Å². The van der Waals surface area contributed by atoms with Crippen molar-refractivity contribution in [2.75, 3.05) is 0 Å². The van der Waals surface area contributed by atoms with Gasteiger partial charge in [0.15, 0.2) is 0 Å². The second-order valence-corrected chi connectivity index (χ2v) is 4.76. The van der Waals surface area contributed by atoms with Crippen LogP contribution in [-0.4, -0.2) is 15.3 Å². The molecule has 1 saturated carbocycles. The molecule has 0 radical (unpaired) electrons. The van der Waals surface area contributed by atoms with Crippen LogP contribution in [0, 0.1) is 5.92 Å². The van der Waals surface area contributed by atoms with E-state index < -0.39 is 5.60 Å². The molecular weight excluding hydrogens is 174 g/mol. The molecule has 1 aromatic heterocycles. The largest absolute Gasteiger partial charge is 0.388 e. The Morgan fingerprint density at radius 3 is 2.43 bits per heavy atom. The van der Waals surface area contributed by atoms with Gasteiger partial charge in [0.2, 0.25) is 0 Å². The maximum atomic E-state index is 10.3. The smallest absolute Gasteiger partial charge is 0.0825 e. The van der Waals surface area contributed by atoms with Gasteiger partial charge in [-0.05, 0) is 43.7 Å².